The van der Waals surface area contributed by atoms with Crippen LogP contribution in [-0.2, 0) is 34.7 Å². The topological polar surface area (TPSA) is 38.7 Å². The number of ether oxygens (including phenoxy) is 2. The fourth-order valence-electron chi connectivity index (χ4n) is 4.12. The van der Waals surface area contributed by atoms with Gasteiger partial charge in [-0.15, -0.1) is 0 Å². The summed E-state index contributed by atoms with van der Waals surface area (Å²) in [5.41, 5.74) is 5.94. The zero-order chi connectivity index (χ0) is 18.1. The molecule has 4 heteroatoms. The lowest BCUT2D eigenvalue weighted by atomic mass is 9.90. The number of benzene rings is 2. The molecule has 2 heterocycles. The third-order valence-corrected chi connectivity index (χ3v) is 5.99. The Bertz CT molecular complexity index is 787. The van der Waals surface area contributed by atoms with Crippen molar-refractivity contribution in [1.82, 2.24) is 0 Å². The van der Waals surface area contributed by atoms with Gasteiger partial charge in [0.25, 0.3) is 0 Å². The minimum Gasteiger partial charge on any atom is -0.394 e. The summed E-state index contributed by atoms with van der Waals surface area (Å²) in [6, 6.07) is 12.7. The molecule has 2 atom stereocenters. The van der Waals surface area contributed by atoms with Crippen LogP contribution in [-0.4, -0.2) is 17.8 Å². The standard InChI is InChI=1S/C22H25ClO3/c1-2-15-5-7-16(8-6-15)12-18-19-14-25-22(20(19)9-10-21(18)23)11-3-4-17(13-24)26-22/h5-10,17,24H,2-4,11-14H2,1H3/t17-,22?/m0/s1. The highest BCUT2D eigenvalue weighted by molar-refractivity contribution is 6.31. The minimum absolute atomic E-state index is 0.0324. The molecule has 2 aromatic carbocycles. The average molecular weight is 373 g/mol. The van der Waals surface area contributed by atoms with E-state index in [0.717, 1.165) is 53.8 Å². The maximum Gasteiger partial charge on any atom is 0.195 e. The highest BCUT2D eigenvalue weighted by Crippen LogP contribution is 2.47. The van der Waals surface area contributed by atoms with Crippen LogP contribution in [0.5, 0.6) is 0 Å². The summed E-state index contributed by atoms with van der Waals surface area (Å²) in [6.45, 7) is 2.71. The van der Waals surface area contributed by atoms with Crippen molar-refractivity contribution >= 4 is 11.6 Å². The van der Waals surface area contributed by atoms with Crippen molar-refractivity contribution in [2.45, 2.75) is 57.5 Å². The predicted octanol–water partition coefficient (Wildman–Crippen LogP) is 4.74. The highest BCUT2D eigenvalue weighted by Gasteiger charge is 2.46. The lowest BCUT2D eigenvalue weighted by Crippen LogP contribution is -2.39. The lowest BCUT2D eigenvalue weighted by Gasteiger charge is -2.37. The van der Waals surface area contributed by atoms with Crippen molar-refractivity contribution in [1.29, 1.82) is 0 Å². The van der Waals surface area contributed by atoms with Crippen LogP contribution in [0.1, 0.15) is 54.0 Å². The molecule has 0 amide bonds. The summed E-state index contributed by atoms with van der Waals surface area (Å²) < 4.78 is 12.3. The van der Waals surface area contributed by atoms with Crippen LogP contribution in [0, 0.1) is 0 Å². The first-order chi connectivity index (χ1) is 12.6. The molecule has 1 N–H and O–H groups in total. The monoisotopic (exact) mass is 372 g/mol. The van der Waals surface area contributed by atoms with Crippen LogP contribution in [0.3, 0.4) is 0 Å². The van der Waals surface area contributed by atoms with Gasteiger partial charge in [-0.3, -0.25) is 0 Å². The average Bonchev–Trinajstić information content (AvgIpc) is 3.02. The first-order valence-corrected chi connectivity index (χ1v) is 9.84. The molecular weight excluding hydrogens is 348 g/mol. The Morgan fingerprint density at radius 1 is 1.15 bits per heavy atom. The van der Waals surface area contributed by atoms with E-state index in [1.165, 1.54) is 11.1 Å². The van der Waals surface area contributed by atoms with E-state index in [4.69, 9.17) is 21.1 Å². The Kier molecular flexibility index (Phi) is 5.07. The van der Waals surface area contributed by atoms with Crippen LogP contribution >= 0.6 is 11.6 Å². The number of halogens is 1. The maximum absolute atomic E-state index is 9.52. The Morgan fingerprint density at radius 3 is 2.65 bits per heavy atom. The third kappa shape index (κ3) is 3.18. The van der Waals surface area contributed by atoms with Gasteiger partial charge in [0.1, 0.15) is 0 Å². The van der Waals surface area contributed by atoms with Gasteiger partial charge in [0.15, 0.2) is 5.79 Å². The zero-order valence-electron chi connectivity index (χ0n) is 15.1. The minimum atomic E-state index is -0.716. The fraction of sp³-hybridized carbons (Fsp3) is 0.455. The van der Waals surface area contributed by atoms with Crippen molar-refractivity contribution in [3.8, 4) is 0 Å². The van der Waals surface area contributed by atoms with Crippen molar-refractivity contribution in [2.75, 3.05) is 6.61 Å². The molecule has 1 spiro atoms. The Balaban J connectivity index is 1.67. The first kappa shape index (κ1) is 18.0. The van der Waals surface area contributed by atoms with E-state index in [2.05, 4.69) is 31.2 Å². The SMILES string of the molecule is CCc1ccc(Cc2c(Cl)ccc3c2COC32CCC[C@@H](CO)O2)cc1. The largest absolute Gasteiger partial charge is 0.394 e. The van der Waals surface area contributed by atoms with E-state index in [0.29, 0.717) is 6.61 Å². The number of aryl methyl sites for hydroxylation is 1. The fourth-order valence-corrected chi connectivity index (χ4v) is 4.37. The highest BCUT2D eigenvalue weighted by atomic mass is 35.5. The number of aliphatic hydroxyl groups is 1. The quantitative estimate of drug-likeness (QED) is 0.842. The van der Waals surface area contributed by atoms with E-state index in [9.17, 15) is 5.11 Å². The molecule has 1 fully saturated rings. The van der Waals surface area contributed by atoms with Crippen molar-refractivity contribution in [2.24, 2.45) is 0 Å². The van der Waals surface area contributed by atoms with Gasteiger partial charge < -0.3 is 14.6 Å². The first-order valence-electron chi connectivity index (χ1n) is 9.46. The molecule has 0 saturated carbocycles. The second kappa shape index (κ2) is 7.32. The number of fused-ring (bicyclic) bond motifs is 2. The summed E-state index contributed by atoms with van der Waals surface area (Å²) in [5.74, 6) is -0.716. The van der Waals surface area contributed by atoms with Crippen LogP contribution in [0.15, 0.2) is 36.4 Å². The molecule has 0 aliphatic carbocycles. The summed E-state index contributed by atoms with van der Waals surface area (Å²) >= 11 is 6.56. The smallest absolute Gasteiger partial charge is 0.195 e. The molecule has 2 aliphatic heterocycles. The van der Waals surface area contributed by atoms with Crippen molar-refractivity contribution < 1.29 is 14.6 Å². The number of hydrogen-bond donors (Lipinski definition) is 1. The van der Waals surface area contributed by atoms with Gasteiger partial charge in [0.2, 0.25) is 0 Å². The Labute approximate surface area is 159 Å². The Hall–Kier alpha value is -1.39. The van der Waals surface area contributed by atoms with E-state index < -0.39 is 5.79 Å². The van der Waals surface area contributed by atoms with E-state index in [-0.39, 0.29) is 12.7 Å². The van der Waals surface area contributed by atoms with Crippen LogP contribution in [0.4, 0.5) is 0 Å². The summed E-state index contributed by atoms with van der Waals surface area (Å²) in [5, 5.41) is 10.3. The third-order valence-electron chi connectivity index (χ3n) is 5.64. The molecule has 0 radical (unpaired) electrons. The zero-order valence-corrected chi connectivity index (χ0v) is 15.9. The van der Waals surface area contributed by atoms with Crippen LogP contribution in [0.25, 0.3) is 0 Å². The Morgan fingerprint density at radius 2 is 1.92 bits per heavy atom. The van der Waals surface area contributed by atoms with E-state index in [1.54, 1.807) is 0 Å². The molecule has 2 aromatic rings. The lowest BCUT2D eigenvalue weighted by molar-refractivity contribution is -0.287. The number of hydrogen-bond acceptors (Lipinski definition) is 3. The summed E-state index contributed by atoms with van der Waals surface area (Å²) in [4.78, 5) is 0. The van der Waals surface area contributed by atoms with Gasteiger partial charge in [-0.25, -0.2) is 0 Å². The second-order valence-corrected chi connectivity index (χ2v) is 7.66. The van der Waals surface area contributed by atoms with Gasteiger partial charge in [-0.2, -0.15) is 0 Å². The molecular formula is C22H25ClO3. The van der Waals surface area contributed by atoms with Crippen molar-refractivity contribution in [3.05, 3.63) is 69.2 Å². The molecule has 1 unspecified atom stereocenters. The van der Waals surface area contributed by atoms with Crippen LogP contribution < -0.4 is 0 Å². The van der Waals surface area contributed by atoms with Crippen molar-refractivity contribution in [3.63, 3.8) is 0 Å². The molecule has 0 bridgehead atoms. The molecule has 2 aliphatic rings. The second-order valence-electron chi connectivity index (χ2n) is 7.26. The van der Waals surface area contributed by atoms with Crippen LogP contribution in [0.2, 0.25) is 5.02 Å². The van der Waals surface area contributed by atoms with Gasteiger partial charge in [-0.1, -0.05) is 48.9 Å². The number of aliphatic hydroxyl groups excluding tert-OH is 1. The molecule has 138 valence electrons. The summed E-state index contributed by atoms with van der Waals surface area (Å²) in [7, 11) is 0. The van der Waals surface area contributed by atoms with E-state index >= 15 is 0 Å². The predicted molar refractivity (Wildman–Crippen MR) is 102 cm³/mol. The van der Waals surface area contributed by atoms with Gasteiger partial charge >= 0.3 is 0 Å². The number of rotatable bonds is 4. The van der Waals surface area contributed by atoms with Gasteiger partial charge in [0, 0.05) is 17.0 Å². The molecule has 4 rings (SSSR count). The summed E-state index contributed by atoms with van der Waals surface area (Å²) in [6.07, 6.45) is 4.36. The van der Waals surface area contributed by atoms with E-state index in [1.807, 2.05) is 12.1 Å². The maximum atomic E-state index is 9.52. The molecule has 26 heavy (non-hydrogen) atoms. The normalized spacial score (nSPS) is 24.8. The molecule has 3 nitrogen and oxygen atoms in total. The molecule has 1 saturated heterocycles. The van der Waals surface area contributed by atoms with Gasteiger partial charge in [-0.05, 0) is 54.0 Å². The molecule has 0 aromatic heterocycles. The van der Waals surface area contributed by atoms with Gasteiger partial charge in [0.05, 0.1) is 19.3 Å².